The highest BCUT2D eigenvalue weighted by molar-refractivity contribution is 6.46. The predicted molar refractivity (Wildman–Crippen MR) is 115 cm³/mol. The number of aromatic nitrogens is 2. The highest BCUT2D eigenvalue weighted by Gasteiger charge is 2.46. The fourth-order valence-electron chi connectivity index (χ4n) is 3.99. The Morgan fingerprint density at radius 3 is 2.61 bits per heavy atom. The molecule has 1 fully saturated rings. The summed E-state index contributed by atoms with van der Waals surface area (Å²) in [4.78, 5) is 31.2. The van der Waals surface area contributed by atoms with E-state index in [1.165, 1.54) is 36.3 Å². The van der Waals surface area contributed by atoms with Crippen LogP contribution < -0.4 is 4.74 Å². The van der Waals surface area contributed by atoms with E-state index in [4.69, 9.17) is 4.74 Å². The minimum atomic E-state index is -1.04. The lowest BCUT2D eigenvalue weighted by atomic mass is 9.95. The molecule has 1 saturated heterocycles. The number of ether oxygens (including phenoxy) is 1. The van der Waals surface area contributed by atoms with E-state index < -0.39 is 35.1 Å². The lowest BCUT2D eigenvalue weighted by molar-refractivity contribution is -0.139. The summed E-state index contributed by atoms with van der Waals surface area (Å²) in [7, 11) is 1.34. The van der Waals surface area contributed by atoms with Gasteiger partial charge < -0.3 is 19.3 Å². The average Bonchev–Trinajstić information content (AvgIpc) is 3.41. The number of imidazole rings is 1. The lowest BCUT2D eigenvalue weighted by Crippen LogP contribution is -2.31. The van der Waals surface area contributed by atoms with Gasteiger partial charge in [0.15, 0.2) is 0 Å². The average molecular weight is 453 g/mol. The number of rotatable bonds is 7. The van der Waals surface area contributed by atoms with Gasteiger partial charge in [-0.15, -0.1) is 0 Å². The molecule has 3 aromatic rings. The van der Waals surface area contributed by atoms with E-state index in [9.17, 15) is 23.5 Å². The van der Waals surface area contributed by atoms with E-state index in [1.807, 2.05) is 4.57 Å². The Morgan fingerprint density at radius 2 is 1.91 bits per heavy atom. The molecule has 2 aromatic carbocycles. The summed E-state index contributed by atoms with van der Waals surface area (Å²) >= 11 is 0. The van der Waals surface area contributed by atoms with Crippen LogP contribution in [-0.2, 0) is 16.1 Å². The smallest absolute Gasteiger partial charge is 0.295 e. The summed E-state index contributed by atoms with van der Waals surface area (Å²) in [5.74, 6) is -3.44. The fourth-order valence-corrected chi connectivity index (χ4v) is 3.99. The molecule has 0 spiro atoms. The topological polar surface area (TPSA) is 84.7 Å². The number of hydrogen-bond donors (Lipinski definition) is 1. The van der Waals surface area contributed by atoms with E-state index in [-0.39, 0.29) is 23.4 Å². The van der Waals surface area contributed by atoms with Crippen LogP contribution in [0.15, 0.2) is 66.8 Å². The molecule has 1 aromatic heterocycles. The Bertz CT molecular complexity index is 1220. The second kappa shape index (κ2) is 9.23. The zero-order valence-corrected chi connectivity index (χ0v) is 17.7. The molecule has 2 heterocycles. The van der Waals surface area contributed by atoms with Gasteiger partial charge in [-0.05, 0) is 42.3 Å². The number of aliphatic hydroxyl groups excluding tert-OH is 1. The van der Waals surface area contributed by atoms with Crippen LogP contribution >= 0.6 is 0 Å². The Labute approximate surface area is 188 Å². The highest BCUT2D eigenvalue weighted by Crippen LogP contribution is 2.41. The van der Waals surface area contributed by atoms with Crippen molar-refractivity contribution in [3.8, 4) is 5.75 Å². The molecule has 7 nitrogen and oxygen atoms in total. The van der Waals surface area contributed by atoms with E-state index in [0.717, 1.165) is 12.1 Å². The summed E-state index contributed by atoms with van der Waals surface area (Å²) in [6.45, 7) is 0.706. The molecule has 0 saturated carbocycles. The van der Waals surface area contributed by atoms with Crippen molar-refractivity contribution in [2.24, 2.45) is 0 Å². The number of hydrogen-bond acceptors (Lipinski definition) is 5. The van der Waals surface area contributed by atoms with Gasteiger partial charge in [-0.25, -0.2) is 13.8 Å². The normalized spacial score (nSPS) is 17.5. The largest absolute Gasteiger partial charge is 0.507 e. The molecule has 0 radical (unpaired) electrons. The van der Waals surface area contributed by atoms with Gasteiger partial charge in [0.25, 0.3) is 11.7 Å². The molecule has 9 heteroatoms. The standard InChI is InChI=1S/C24H21F2N3O4/c1-33-19-7-6-17(26)13-18(19)22(30)20-21(15-4-2-5-16(25)12-15)29(24(32)23(20)31)10-3-9-28-11-8-27-14-28/h2,4-8,11-14,21,30H,3,9-10H2,1H3. The van der Waals surface area contributed by atoms with Crippen LogP contribution in [0.25, 0.3) is 5.76 Å². The number of methoxy groups -OCH3 is 1. The van der Waals surface area contributed by atoms with Gasteiger partial charge in [0.1, 0.15) is 23.1 Å². The number of Topliss-reactive ketones (excluding diaryl/α,β-unsaturated/α-hetero) is 1. The first-order chi connectivity index (χ1) is 15.9. The van der Waals surface area contributed by atoms with Crippen molar-refractivity contribution in [1.29, 1.82) is 0 Å². The van der Waals surface area contributed by atoms with Gasteiger partial charge in [0.05, 0.1) is 30.6 Å². The molecule has 4 rings (SSSR count). The Balaban J connectivity index is 1.79. The molecule has 170 valence electrons. The monoisotopic (exact) mass is 453 g/mol. The molecular weight excluding hydrogens is 432 g/mol. The third kappa shape index (κ3) is 4.34. The van der Waals surface area contributed by atoms with Gasteiger partial charge in [0.2, 0.25) is 0 Å². The van der Waals surface area contributed by atoms with Crippen molar-refractivity contribution in [2.45, 2.75) is 19.0 Å². The Morgan fingerprint density at radius 1 is 1.12 bits per heavy atom. The highest BCUT2D eigenvalue weighted by atomic mass is 19.1. The number of carbonyl (C=O) groups is 2. The van der Waals surface area contributed by atoms with Crippen molar-refractivity contribution in [3.63, 3.8) is 0 Å². The van der Waals surface area contributed by atoms with Crippen molar-refractivity contribution >= 4 is 17.4 Å². The molecule has 1 aliphatic heterocycles. The first-order valence-electron chi connectivity index (χ1n) is 10.2. The van der Waals surface area contributed by atoms with Gasteiger partial charge in [-0.3, -0.25) is 9.59 Å². The van der Waals surface area contributed by atoms with Crippen LogP contribution in [0.3, 0.4) is 0 Å². The zero-order valence-electron chi connectivity index (χ0n) is 17.7. The van der Waals surface area contributed by atoms with Gasteiger partial charge >= 0.3 is 0 Å². The molecule has 1 atom stereocenters. The van der Waals surface area contributed by atoms with E-state index in [1.54, 1.807) is 24.8 Å². The summed E-state index contributed by atoms with van der Waals surface area (Å²) in [6, 6.07) is 7.90. The number of ketones is 1. The Hall–Kier alpha value is -4.01. The fraction of sp³-hybridized carbons (Fsp3) is 0.208. The van der Waals surface area contributed by atoms with Crippen LogP contribution in [0.4, 0.5) is 8.78 Å². The molecule has 1 unspecified atom stereocenters. The maximum absolute atomic E-state index is 14.1. The van der Waals surface area contributed by atoms with E-state index in [2.05, 4.69) is 4.98 Å². The number of benzene rings is 2. The molecule has 33 heavy (non-hydrogen) atoms. The number of halogens is 2. The van der Waals surface area contributed by atoms with Crippen LogP contribution in [0.1, 0.15) is 23.6 Å². The molecule has 1 aliphatic rings. The maximum atomic E-state index is 14.1. The minimum Gasteiger partial charge on any atom is -0.507 e. The third-order valence-electron chi connectivity index (χ3n) is 5.50. The summed E-state index contributed by atoms with van der Waals surface area (Å²) < 4.78 is 35.0. The number of aliphatic hydroxyl groups is 1. The third-order valence-corrected chi connectivity index (χ3v) is 5.50. The van der Waals surface area contributed by atoms with Gasteiger partial charge in [0, 0.05) is 25.5 Å². The Kier molecular flexibility index (Phi) is 6.21. The summed E-state index contributed by atoms with van der Waals surface area (Å²) in [6.07, 6.45) is 5.52. The first kappa shape index (κ1) is 22.2. The molecular formula is C24H21F2N3O4. The van der Waals surface area contributed by atoms with E-state index >= 15 is 0 Å². The van der Waals surface area contributed by atoms with Crippen molar-refractivity contribution < 1.29 is 28.2 Å². The van der Waals surface area contributed by atoms with Gasteiger partial charge in [-0.2, -0.15) is 0 Å². The predicted octanol–water partition coefficient (Wildman–Crippen LogP) is 3.68. The summed E-state index contributed by atoms with van der Waals surface area (Å²) in [5.41, 5.74) is -0.0128. The molecule has 1 amide bonds. The van der Waals surface area contributed by atoms with Gasteiger partial charge in [-0.1, -0.05) is 12.1 Å². The molecule has 1 N–H and O–H groups in total. The SMILES string of the molecule is COc1ccc(F)cc1C(O)=C1C(=O)C(=O)N(CCCn2ccnc2)C1c1cccc(F)c1. The number of likely N-dealkylation sites (tertiary alicyclic amines) is 1. The number of nitrogens with zero attached hydrogens (tertiary/aromatic N) is 3. The number of amides is 1. The van der Waals surface area contributed by atoms with Crippen LogP contribution in [-0.4, -0.2) is 44.9 Å². The van der Waals surface area contributed by atoms with Crippen molar-refractivity contribution in [3.05, 3.63) is 89.5 Å². The summed E-state index contributed by atoms with van der Waals surface area (Å²) in [5, 5.41) is 11.1. The minimum absolute atomic E-state index is 0.0738. The van der Waals surface area contributed by atoms with Crippen molar-refractivity contribution in [1.82, 2.24) is 14.5 Å². The van der Waals surface area contributed by atoms with Crippen molar-refractivity contribution in [2.75, 3.05) is 13.7 Å². The van der Waals surface area contributed by atoms with Crippen LogP contribution in [0, 0.1) is 11.6 Å². The number of aryl methyl sites for hydroxylation is 1. The number of carbonyl (C=O) groups excluding carboxylic acids is 2. The molecule has 0 aliphatic carbocycles. The van der Waals surface area contributed by atoms with Crippen LogP contribution in [0.2, 0.25) is 0 Å². The lowest BCUT2D eigenvalue weighted by Gasteiger charge is -2.25. The first-order valence-corrected chi connectivity index (χ1v) is 10.2. The second-order valence-electron chi connectivity index (χ2n) is 7.55. The molecule has 0 bridgehead atoms. The maximum Gasteiger partial charge on any atom is 0.295 e. The second-order valence-corrected chi connectivity index (χ2v) is 7.55. The zero-order chi connectivity index (χ0) is 23.5. The quantitative estimate of drug-likeness (QED) is 0.335. The van der Waals surface area contributed by atoms with Crippen LogP contribution in [0.5, 0.6) is 5.75 Å². The van der Waals surface area contributed by atoms with E-state index in [0.29, 0.717) is 18.5 Å².